The maximum Gasteiger partial charge on any atom is 0.0793 e. The highest BCUT2D eigenvalue weighted by Gasteiger charge is 2.08. The molecule has 0 aliphatic heterocycles. The molecule has 0 aliphatic rings. The van der Waals surface area contributed by atoms with Gasteiger partial charge < -0.3 is 14.9 Å². The van der Waals surface area contributed by atoms with Crippen LogP contribution in [-0.2, 0) is 0 Å². The molecule has 0 aromatic rings. The minimum Gasteiger partial charge on any atom is -0.390 e. The summed E-state index contributed by atoms with van der Waals surface area (Å²) in [4.78, 5) is 4.24. The van der Waals surface area contributed by atoms with E-state index in [0.717, 1.165) is 26.2 Å². The van der Waals surface area contributed by atoms with Crippen LogP contribution in [0.1, 0.15) is 13.8 Å². The summed E-state index contributed by atoms with van der Waals surface area (Å²) in [5.41, 5.74) is 0. The van der Waals surface area contributed by atoms with Crippen LogP contribution in [-0.4, -0.2) is 61.3 Å². The fraction of sp³-hybridized carbons (Fsp3) is 1.00. The zero-order valence-corrected chi connectivity index (χ0v) is 8.75. The van der Waals surface area contributed by atoms with Crippen LogP contribution in [0.4, 0.5) is 0 Å². The van der Waals surface area contributed by atoms with E-state index in [1.807, 2.05) is 19.0 Å². The number of hydrogen-bond donors (Lipinski definition) is 1. The number of nitrogens with zero attached hydrogens (tertiary/aromatic N) is 2. The Hall–Kier alpha value is -0.120. The van der Waals surface area contributed by atoms with Crippen LogP contribution < -0.4 is 0 Å². The van der Waals surface area contributed by atoms with Gasteiger partial charge in [-0.1, -0.05) is 13.8 Å². The predicted molar refractivity (Wildman–Crippen MR) is 52.3 cm³/mol. The lowest BCUT2D eigenvalue weighted by Gasteiger charge is -2.23. The first kappa shape index (κ1) is 11.9. The van der Waals surface area contributed by atoms with E-state index in [2.05, 4.69) is 18.7 Å². The van der Waals surface area contributed by atoms with Crippen molar-refractivity contribution in [3.05, 3.63) is 0 Å². The largest absolute Gasteiger partial charge is 0.390 e. The van der Waals surface area contributed by atoms with E-state index in [4.69, 9.17) is 0 Å². The first-order valence-electron chi connectivity index (χ1n) is 4.65. The van der Waals surface area contributed by atoms with Crippen LogP contribution in [0.3, 0.4) is 0 Å². The average molecular weight is 174 g/mol. The molecule has 0 spiro atoms. The van der Waals surface area contributed by atoms with Gasteiger partial charge in [-0.2, -0.15) is 0 Å². The van der Waals surface area contributed by atoms with Crippen molar-refractivity contribution in [2.24, 2.45) is 0 Å². The van der Waals surface area contributed by atoms with Crippen molar-refractivity contribution >= 4 is 0 Å². The Morgan fingerprint density at radius 2 is 1.58 bits per heavy atom. The third-order valence-electron chi connectivity index (χ3n) is 1.94. The highest BCUT2D eigenvalue weighted by Crippen LogP contribution is 1.93. The topological polar surface area (TPSA) is 26.7 Å². The van der Waals surface area contributed by atoms with Crippen LogP contribution in [0, 0.1) is 0 Å². The standard InChI is InChI=1S/C9H22N2O/c1-5-11(6-2)8-9(12)7-10(3)4/h9,12H,5-8H2,1-4H3. The van der Waals surface area contributed by atoms with E-state index in [1.165, 1.54) is 0 Å². The van der Waals surface area contributed by atoms with Crippen molar-refractivity contribution in [2.75, 3.05) is 40.3 Å². The second-order valence-electron chi connectivity index (χ2n) is 3.40. The van der Waals surface area contributed by atoms with Gasteiger partial charge in [-0.3, -0.25) is 0 Å². The van der Waals surface area contributed by atoms with Crippen LogP contribution >= 0.6 is 0 Å². The highest BCUT2D eigenvalue weighted by atomic mass is 16.3. The van der Waals surface area contributed by atoms with Gasteiger partial charge in [-0.05, 0) is 27.2 Å². The highest BCUT2D eigenvalue weighted by molar-refractivity contribution is 4.64. The first-order chi connectivity index (χ1) is 5.60. The summed E-state index contributed by atoms with van der Waals surface area (Å²) in [6, 6.07) is 0. The molecule has 0 aliphatic carbocycles. The molecule has 3 nitrogen and oxygen atoms in total. The van der Waals surface area contributed by atoms with Gasteiger partial charge in [0, 0.05) is 13.1 Å². The summed E-state index contributed by atoms with van der Waals surface area (Å²) < 4.78 is 0. The Morgan fingerprint density at radius 1 is 1.08 bits per heavy atom. The Labute approximate surface area is 76.0 Å². The summed E-state index contributed by atoms with van der Waals surface area (Å²) in [5, 5.41) is 9.57. The van der Waals surface area contributed by atoms with Crippen LogP contribution in [0.25, 0.3) is 0 Å². The third kappa shape index (κ3) is 5.52. The number of likely N-dealkylation sites (N-methyl/N-ethyl adjacent to an activating group) is 2. The number of aliphatic hydroxyl groups is 1. The maximum absolute atomic E-state index is 9.57. The first-order valence-corrected chi connectivity index (χ1v) is 4.65. The molecule has 0 amide bonds. The lowest BCUT2D eigenvalue weighted by Crippen LogP contribution is -2.37. The van der Waals surface area contributed by atoms with E-state index < -0.39 is 0 Å². The summed E-state index contributed by atoms with van der Waals surface area (Å²) in [7, 11) is 3.96. The summed E-state index contributed by atoms with van der Waals surface area (Å²) >= 11 is 0. The quantitative estimate of drug-likeness (QED) is 0.625. The minimum atomic E-state index is -0.222. The molecule has 0 aromatic carbocycles. The molecule has 74 valence electrons. The summed E-state index contributed by atoms with van der Waals surface area (Å²) in [6.07, 6.45) is -0.222. The molecule has 0 fully saturated rings. The molecule has 12 heavy (non-hydrogen) atoms. The molecule has 0 rings (SSSR count). The number of hydrogen-bond acceptors (Lipinski definition) is 3. The van der Waals surface area contributed by atoms with Gasteiger partial charge in [0.15, 0.2) is 0 Å². The third-order valence-corrected chi connectivity index (χ3v) is 1.94. The molecule has 3 heteroatoms. The second-order valence-corrected chi connectivity index (χ2v) is 3.40. The van der Waals surface area contributed by atoms with E-state index in [1.54, 1.807) is 0 Å². The van der Waals surface area contributed by atoms with E-state index >= 15 is 0 Å². The van der Waals surface area contributed by atoms with Crippen molar-refractivity contribution < 1.29 is 5.11 Å². The van der Waals surface area contributed by atoms with Crippen LogP contribution in [0.5, 0.6) is 0 Å². The van der Waals surface area contributed by atoms with Crippen LogP contribution in [0.15, 0.2) is 0 Å². The normalized spacial score (nSPS) is 14.2. The Balaban J connectivity index is 3.58. The average Bonchev–Trinajstić information content (AvgIpc) is 1.98. The van der Waals surface area contributed by atoms with E-state index in [-0.39, 0.29) is 6.10 Å². The molecule has 1 unspecified atom stereocenters. The lowest BCUT2D eigenvalue weighted by molar-refractivity contribution is 0.0929. The molecule has 0 radical (unpaired) electrons. The van der Waals surface area contributed by atoms with Gasteiger partial charge in [0.25, 0.3) is 0 Å². The van der Waals surface area contributed by atoms with E-state index in [0.29, 0.717) is 0 Å². The molecule has 0 heterocycles. The zero-order chi connectivity index (χ0) is 9.56. The molecule has 1 N–H and O–H groups in total. The summed E-state index contributed by atoms with van der Waals surface area (Å²) in [5.74, 6) is 0. The van der Waals surface area contributed by atoms with Gasteiger partial charge >= 0.3 is 0 Å². The molecular weight excluding hydrogens is 152 g/mol. The molecule has 1 atom stereocenters. The van der Waals surface area contributed by atoms with Crippen molar-refractivity contribution in [1.82, 2.24) is 9.80 Å². The van der Waals surface area contributed by atoms with Crippen molar-refractivity contribution in [3.8, 4) is 0 Å². The maximum atomic E-state index is 9.57. The lowest BCUT2D eigenvalue weighted by atomic mass is 10.3. The Morgan fingerprint density at radius 3 is 1.92 bits per heavy atom. The van der Waals surface area contributed by atoms with Gasteiger partial charge in [0.05, 0.1) is 6.10 Å². The summed E-state index contributed by atoms with van der Waals surface area (Å²) in [6.45, 7) is 7.79. The fourth-order valence-corrected chi connectivity index (χ4v) is 1.26. The molecule has 0 saturated carbocycles. The molecule has 0 saturated heterocycles. The smallest absolute Gasteiger partial charge is 0.0793 e. The van der Waals surface area contributed by atoms with Gasteiger partial charge in [-0.25, -0.2) is 0 Å². The Bertz CT molecular complexity index is 103. The molecular formula is C9H22N2O. The van der Waals surface area contributed by atoms with Crippen molar-refractivity contribution in [3.63, 3.8) is 0 Å². The van der Waals surface area contributed by atoms with Gasteiger partial charge in [0.2, 0.25) is 0 Å². The monoisotopic (exact) mass is 174 g/mol. The SMILES string of the molecule is CCN(CC)CC(O)CN(C)C. The molecule has 0 aromatic heterocycles. The van der Waals surface area contributed by atoms with Gasteiger partial charge in [-0.15, -0.1) is 0 Å². The van der Waals surface area contributed by atoms with Crippen molar-refractivity contribution in [1.29, 1.82) is 0 Å². The van der Waals surface area contributed by atoms with Crippen molar-refractivity contribution in [2.45, 2.75) is 20.0 Å². The minimum absolute atomic E-state index is 0.222. The number of aliphatic hydroxyl groups excluding tert-OH is 1. The molecule has 0 bridgehead atoms. The second kappa shape index (κ2) is 6.40. The zero-order valence-electron chi connectivity index (χ0n) is 8.75. The van der Waals surface area contributed by atoms with Crippen LogP contribution in [0.2, 0.25) is 0 Å². The Kier molecular flexibility index (Phi) is 6.34. The van der Waals surface area contributed by atoms with Gasteiger partial charge in [0.1, 0.15) is 0 Å². The number of rotatable bonds is 6. The fourth-order valence-electron chi connectivity index (χ4n) is 1.26. The van der Waals surface area contributed by atoms with E-state index in [9.17, 15) is 5.11 Å². The predicted octanol–water partition coefficient (Wildman–Crippen LogP) is 0.251.